The predicted molar refractivity (Wildman–Crippen MR) is 149 cm³/mol. The molecule has 5 aliphatic heterocycles. The van der Waals surface area contributed by atoms with Gasteiger partial charge in [-0.1, -0.05) is 12.5 Å². The highest BCUT2D eigenvalue weighted by molar-refractivity contribution is 5.82. The Labute approximate surface area is 228 Å². The van der Waals surface area contributed by atoms with Gasteiger partial charge in [-0.15, -0.1) is 0 Å². The zero-order valence-corrected chi connectivity index (χ0v) is 22.4. The lowest BCUT2D eigenvalue weighted by molar-refractivity contribution is -0.127. The molecule has 1 aromatic heterocycles. The topological polar surface area (TPSA) is 104 Å². The Balaban J connectivity index is 1.19. The molecule has 2 bridgehead atoms. The Morgan fingerprint density at radius 2 is 1.97 bits per heavy atom. The molecule has 2 unspecified atom stereocenters. The van der Waals surface area contributed by atoms with E-state index < -0.39 is 0 Å². The van der Waals surface area contributed by atoms with Crippen LogP contribution in [-0.4, -0.2) is 58.8 Å². The third-order valence-corrected chi connectivity index (χ3v) is 10.3. The first-order valence-electron chi connectivity index (χ1n) is 14.7. The predicted octanol–water partition coefficient (Wildman–Crippen LogP) is 3.09. The third kappa shape index (κ3) is 4.35. The lowest BCUT2D eigenvalue weighted by Crippen LogP contribution is -2.61. The van der Waals surface area contributed by atoms with Crippen LogP contribution >= 0.6 is 0 Å². The van der Waals surface area contributed by atoms with Gasteiger partial charge in [-0.2, -0.15) is 0 Å². The Morgan fingerprint density at radius 1 is 1.10 bits per heavy atom. The van der Waals surface area contributed by atoms with E-state index in [1.54, 1.807) is 18.2 Å². The summed E-state index contributed by atoms with van der Waals surface area (Å²) in [7, 11) is 0. The van der Waals surface area contributed by atoms with Crippen LogP contribution in [0.15, 0.2) is 41.2 Å². The van der Waals surface area contributed by atoms with Crippen LogP contribution in [0, 0.1) is 23.0 Å². The van der Waals surface area contributed by atoms with E-state index in [0.717, 1.165) is 36.3 Å². The Bertz CT molecular complexity index is 1310. The molecule has 2 N–H and O–H groups in total. The van der Waals surface area contributed by atoms with E-state index in [1.807, 2.05) is 16.7 Å². The highest BCUT2D eigenvalue weighted by Crippen LogP contribution is 2.47. The number of amides is 1. The van der Waals surface area contributed by atoms with Gasteiger partial charge in [0.15, 0.2) is 0 Å². The van der Waals surface area contributed by atoms with E-state index >= 15 is 0 Å². The molecule has 0 aliphatic carbocycles. The number of nitrogens with zero attached hydrogens (tertiary/aromatic N) is 4. The van der Waals surface area contributed by atoms with Gasteiger partial charge in [-0.05, 0) is 93.3 Å². The second-order valence-electron chi connectivity index (χ2n) is 12.4. The number of rotatable bonds is 4. The minimum Gasteiger partial charge on any atom is -0.733 e. The second kappa shape index (κ2) is 9.94. The fourth-order valence-electron chi connectivity index (χ4n) is 8.64. The van der Waals surface area contributed by atoms with Crippen molar-refractivity contribution in [3.63, 3.8) is 0 Å². The summed E-state index contributed by atoms with van der Waals surface area (Å²) in [5.41, 5.74) is 3.23. The number of aromatic nitrogens is 1. The van der Waals surface area contributed by atoms with Crippen molar-refractivity contribution in [1.82, 2.24) is 14.8 Å². The Morgan fingerprint density at radius 3 is 2.85 bits per heavy atom. The third-order valence-electron chi connectivity index (χ3n) is 10.3. The molecular formula is C30H38N5O4-. The maximum absolute atomic E-state index is 14.0. The molecule has 5 aliphatic rings. The summed E-state index contributed by atoms with van der Waals surface area (Å²) in [5.74, 6) is 0.654. The Kier molecular flexibility index (Phi) is 6.40. The van der Waals surface area contributed by atoms with Crippen LogP contribution in [0.3, 0.4) is 0 Å². The molecule has 2 aromatic rings. The second-order valence-corrected chi connectivity index (χ2v) is 12.4. The molecule has 9 nitrogen and oxygen atoms in total. The molecule has 39 heavy (non-hydrogen) atoms. The zero-order chi connectivity index (χ0) is 26.7. The number of piperidine rings is 3. The van der Waals surface area contributed by atoms with Crippen molar-refractivity contribution in [3.05, 3.63) is 63.2 Å². The highest BCUT2D eigenvalue weighted by Gasteiger charge is 2.49. The summed E-state index contributed by atoms with van der Waals surface area (Å²) in [4.78, 5) is 31.8. The number of carbonyl (C=O) groups excluding carboxylic acids is 1. The van der Waals surface area contributed by atoms with E-state index in [1.165, 1.54) is 38.8 Å². The summed E-state index contributed by atoms with van der Waals surface area (Å²) in [6, 6.07) is 11.4. The number of carbonyl (C=O) groups is 1. The largest absolute Gasteiger partial charge is 0.733 e. The fraction of sp³-hybridized carbons (Fsp3) is 0.600. The van der Waals surface area contributed by atoms with Crippen molar-refractivity contribution >= 4 is 17.3 Å². The van der Waals surface area contributed by atoms with Crippen molar-refractivity contribution in [1.29, 1.82) is 0 Å². The number of hydrogen-bond acceptors (Lipinski definition) is 7. The lowest BCUT2D eigenvalue weighted by Gasteiger charge is -2.54. The van der Waals surface area contributed by atoms with Crippen LogP contribution in [-0.2, 0) is 17.8 Å². The number of pyridine rings is 1. The zero-order valence-electron chi connectivity index (χ0n) is 22.4. The molecule has 0 saturated carbocycles. The van der Waals surface area contributed by atoms with Crippen LogP contribution in [0.5, 0.6) is 0 Å². The van der Waals surface area contributed by atoms with Gasteiger partial charge in [0, 0.05) is 55.1 Å². The summed E-state index contributed by atoms with van der Waals surface area (Å²) < 4.78 is 1.92. The smallest absolute Gasteiger partial charge is 0.250 e. The van der Waals surface area contributed by atoms with Crippen LogP contribution in [0.1, 0.15) is 55.7 Å². The molecule has 3 saturated heterocycles. The first-order valence-corrected chi connectivity index (χ1v) is 14.7. The quantitative estimate of drug-likeness (QED) is 0.583. The summed E-state index contributed by atoms with van der Waals surface area (Å²) in [6.07, 6.45) is 7.61. The number of nitrogens with one attached hydrogen (secondary N) is 1. The van der Waals surface area contributed by atoms with Gasteiger partial charge >= 0.3 is 0 Å². The lowest BCUT2D eigenvalue weighted by atomic mass is 9.70. The van der Waals surface area contributed by atoms with Crippen LogP contribution in [0.2, 0.25) is 0 Å². The molecule has 7 rings (SSSR count). The highest BCUT2D eigenvalue weighted by atomic mass is 16.8. The first-order chi connectivity index (χ1) is 19.0. The molecule has 0 spiro atoms. The molecule has 1 aromatic carbocycles. The summed E-state index contributed by atoms with van der Waals surface area (Å²) >= 11 is 0. The van der Waals surface area contributed by atoms with Gasteiger partial charge < -0.3 is 30.1 Å². The average Bonchev–Trinajstić information content (AvgIpc) is 2.95. The summed E-state index contributed by atoms with van der Waals surface area (Å²) in [6.45, 7) is 4.41. The maximum Gasteiger partial charge on any atom is 0.250 e. The van der Waals surface area contributed by atoms with Gasteiger partial charge in [0.05, 0.1) is 11.6 Å². The molecule has 1 amide bonds. The van der Waals surface area contributed by atoms with Crippen molar-refractivity contribution in [2.24, 2.45) is 17.8 Å². The monoisotopic (exact) mass is 532 g/mol. The van der Waals surface area contributed by atoms with Crippen molar-refractivity contribution in [3.8, 4) is 0 Å². The molecule has 0 radical (unpaired) electrons. The van der Waals surface area contributed by atoms with Crippen LogP contribution in [0.4, 0.5) is 11.4 Å². The van der Waals surface area contributed by atoms with Gasteiger partial charge in [-0.25, -0.2) is 0 Å². The standard InChI is InChI=1S/C30H38N5O4/c36-28-8-3-7-26-21-13-22(18-33(26)28)29-24(15-20-14-23(35(38)39)9-10-27(20)34(29)17-21)30(37)31-16-19-5-4-12-32-11-2-1-6-25(19)32/h3,7-10,14,19,21-22,24-25,29,38H,1-2,4-6,11-13,15-18H2,(H,31,37)/q-1/t19-,21?,22?,24+,25+,29-/m0/s1. The molecule has 9 heteroatoms. The normalized spacial score (nSPS) is 31.4. The molecule has 208 valence electrons. The van der Waals surface area contributed by atoms with E-state index in [0.29, 0.717) is 31.5 Å². The summed E-state index contributed by atoms with van der Waals surface area (Å²) in [5, 5.41) is 24.5. The van der Waals surface area contributed by atoms with Crippen molar-refractivity contribution in [2.45, 2.75) is 69.5 Å². The van der Waals surface area contributed by atoms with E-state index in [4.69, 9.17) is 0 Å². The Hall–Kier alpha value is -2.88. The molecule has 6 atom stereocenters. The van der Waals surface area contributed by atoms with Crippen LogP contribution < -0.4 is 21.0 Å². The minimum absolute atomic E-state index is 0.0186. The van der Waals surface area contributed by atoms with Crippen molar-refractivity contribution in [2.75, 3.05) is 36.3 Å². The van der Waals surface area contributed by atoms with E-state index in [2.05, 4.69) is 21.2 Å². The molecule has 6 heterocycles. The number of fused-ring (bicyclic) bond motifs is 9. The maximum atomic E-state index is 14.0. The van der Waals surface area contributed by atoms with Gasteiger partial charge in [0.1, 0.15) is 0 Å². The van der Waals surface area contributed by atoms with Gasteiger partial charge in [0.25, 0.3) is 5.56 Å². The number of benzene rings is 1. The molecule has 3 fully saturated rings. The van der Waals surface area contributed by atoms with Crippen LogP contribution in [0.25, 0.3) is 0 Å². The first kappa shape index (κ1) is 25.1. The minimum atomic E-state index is -0.287. The number of anilines is 2. The van der Waals surface area contributed by atoms with Gasteiger partial charge in [0.2, 0.25) is 5.91 Å². The SMILES string of the molecule is O=C(NC[C@@H]1CCCN2CCCC[C@H]12)[C@@H]1Cc2cc(N([O-])O)ccc2N2CC3CC(Cn4c3cccc4=O)[C@@H]12. The fourth-order valence-corrected chi connectivity index (χ4v) is 8.64. The number of hydrogen-bond donors (Lipinski definition) is 2. The van der Waals surface area contributed by atoms with E-state index in [-0.39, 0.29) is 46.2 Å². The van der Waals surface area contributed by atoms with Crippen molar-refractivity contribution < 1.29 is 10.0 Å². The molecular weight excluding hydrogens is 494 g/mol. The average molecular weight is 533 g/mol. The van der Waals surface area contributed by atoms with Gasteiger partial charge in [-0.3, -0.25) is 14.8 Å². The van der Waals surface area contributed by atoms with E-state index in [9.17, 15) is 20.0 Å².